The van der Waals surface area contributed by atoms with Gasteiger partial charge in [0.25, 0.3) is 0 Å². The first kappa shape index (κ1) is 17.0. The normalized spacial score (nSPS) is 30.0. The van der Waals surface area contributed by atoms with Gasteiger partial charge in [0, 0.05) is 58.2 Å². The second-order valence-electron chi connectivity index (χ2n) is 7.98. The van der Waals surface area contributed by atoms with Gasteiger partial charge in [-0.25, -0.2) is 0 Å². The lowest BCUT2D eigenvalue weighted by Crippen LogP contribution is -2.53. The Hall–Kier alpha value is -1.47. The molecule has 4 rings (SSSR count). The number of likely N-dealkylation sites (tertiary alicyclic amines) is 1. The van der Waals surface area contributed by atoms with Crippen LogP contribution in [0.15, 0.2) is 4.52 Å². The largest absolute Gasteiger partial charge is 0.340 e. The lowest BCUT2D eigenvalue weighted by molar-refractivity contribution is -0.130. The van der Waals surface area contributed by atoms with E-state index in [1.54, 1.807) is 6.92 Å². The first-order valence-corrected chi connectivity index (χ1v) is 9.60. The summed E-state index contributed by atoms with van der Waals surface area (Å²) >= 11 is 0. The van der Waals surface area contributed by atoms with Crippen LogP contribution in [0.2, 0.25) is 0 Å². The monoisotopic (exact) mass is 347 g/mol. The number of carbonyl (C=O) groups excluding carboxylic acids is 1. The topological polar surface area (TPSA) is 65.7 Å². The predicted molar refractivity (Wildman–Crippen MR) is 93.0 cm³/mol. The highest BCUT2D eigenvalue weighted by molar-refractivity contribution is 5.73. The summed E-state index contributed by atoms with van der Waals surface area (Å²) in [6, 6.07) is 0.716. The SMILES string of the molecule is CC(=O)N1CCN([C@@H]2CN([C@H](C)c3nc(C4CC4)no3)C[C@@H]2C)CC1. The van der Waals surface area contributed by atoms with Crippen molar-refractivity contribution in [1.82, 2.24) is 24.8 Å². The van der Waals surface area contributed by atoms with Crippen molar-refractivity contribution in [2.24, 2.45) is 5.92 Å². The molecule has 7 nitrogen and oxygen atoms in total. The molecule has 0 spiro atoms. The van der Waals surface area contributed by atoms with E-state index in [1.165, 1.54) is 12.8 Å². The molecule has 3 aliphatic rings. The Kier molecular flexibility index (Phi) is 4.54. The van der Waals surface area contributed by atoms with E-state index in [4.69, 9.17) is 4.52 Å². The van der Waals surface area contributed by atoms with Gasteiger partial charge in [-0.1, -0.05) is 12.1 Å². The van der Waals surface area contributed by atoms with Crippen molar-refractivity contribution in [3.63, 3.8) is 0 Å². The molecule has 2 aliphatic heterocycles. The molecule has 3 fully saturated rings. The average molecular weight is 347 g/mol. The Balaban J connectivity index is 1.36. The summed E-state index contributed by atoms with van der Waals surface area (Å²) in [6.45, 7) is 11.9. The van der Waals surface area contributed by atoms with Crippen molar-refractivity contribution >= 4 is 5.91 Å². The predicted octanol–water partition coefficient (Wildman–Crippen LogP) is 1.49. The molecule has 0 aromatic carbocycles. The van der Waals surface area contributed by atoms with Crippen LogP contribution in [0.3, 0.4) is 0 Å². The van der Waals surface area contributed by atoms with Crippen LogP contribution in [0, 0.1) is 5.92 Å². The van der Waals surface area contributed by atoms with Crippen LogP contribution in [0.4, 0.5) is 0 Å². The molecule has 0 N–H and O–H groups in total. The summed E-state index contributed by atoms with van der Waals surface area (Å²) in [5.74, 6) is 2.99. The third kappa shape index (κ3) is 3.44. The maximum atomic E-state index is 11.5. The first-order chi connectivity index (χ1) is 12.0. The second kappa shape index (κ2) is 6.68. The van der Waals surface area contributed by atoms with Crippen molar-refractivity contribution in [2.75, 3.05) is 39.3 Å². The van der Waals surface area contributed by atoms with E-state index in [-0.39, 0.29) is 11.9 Å². The molecule has 138 valence electrons. The van der Waals surface area contributed by atoms with Crippen molar-refractivity contribution in [1.29, 1.82) is 0 Å². The number of nitrogens with zero attached hydrogens (tertiary/aromatic N) is 5. The molecule has 3 heterocycles. The number of hydrogen-bond acceptors (Lipinski definition) is 6. The van der Waals surface area contributed by atoms with Crippen LogP contribution in [0.1, 0.15) is 57.3 Å². The molecule has 0 unspecified atom stereocenters. The fourth-order valence-corrected chi connectivity index (χ4v) is 4.23. The Labute approximate surface area is 149 Å². The van der Waals surface area contributed by atoms with E-state index in [2.05, 4.69) is 33.8 Å². The fraction of sp³-hybridized carbons (Fsp3) is 0.833. The minimum atomic E-state index is 0.172. The molecular weight excluding hydrogens is 318 g/mol. The smallest absolute Gasteiger partial charge is 0.243 e. The van der Waals surface area contributed by atoms with Gasteiger partial charge in [0.15, 0.2) is 5.82 Å². The second-order valence-corrected chi connectivity index (χ2v) is 7.98. The van der Waals surface area contributed by atoms with E-state index < -0.39 is 0 Å². The first-order valence-electron chi connectivity index (χ1n) is 9.60. The molecule has 0 bridgehead atoms. The standard InChI is InChI=1S/C18H29N5O2/c1-12-10-23(13(2)18-19-17(20-25-18)15-4-5-15)11-16(12)22-8-6-21(7-9-22)14(3)24/h12-13,15-16H,4-11H2,1-3H3/t12-,13+,16+/m0/s1. The van der Waals surface area contributed by atoms with Crippen LogP contribution in [0.5, 0.6) is 0 Å². The van der Waals surface area contributed by atoms with Crippen molar-refractivity contribution in [2.45, 2.75) is 51.6 Å². The number of amides is 1. The quantitative estimate of drug-likeness (QED) is 0.822. The number of rotatable bonds is 4. The van der Waals surface area contributed by atoms with Gasteiger partial charge in [0.2, 0.25) is 11.8 Å². The molecule has 1 aromatic heterocycles. The van der Waals surface area contributed by atoms with Crippen molar-refractivity contribution in [3.05, 3.63) is 11.7 Å². The van der Waals surface area contributed by atoms with Gasteiger partial charge in [-0.05, 0) is 25.7 Å². The van der Waals surface area contributed by atoms with E-state index in [1.807, 2.05) is 4.90 Å². The van der Waals surface area contributed by atoms with Gasteiger partial charge in [-0.3, -0.25) is 14.6 Å². The van der Waals surface area contributed by atoms with Gasteiger partial charge in [-0.15, -0.1) is 0 Å². The molecule has 1 aromatic rings. The zero-order valence-electron chi connectivity index (χ0n) is 15.5. The molecule has 1 saturated carbocycles. The lowest BCUT2D eigenvalue weighted by atomic mass is 10.0. The van der Waals surface area contributed by atoms with Gasteiger partial charge >= 0.3 is 0 Å². The molecule has 1 aliphatic carbocycles. The number of aromatic nitrogens is 2. The maximum absolute atomic E-state index is 11.5. The molecule has 1 amide bonds. The molecule has 0 radical (unpaired) electrons. The van der Waals surface area contributed by atoms with Crippen LogP contribution < -0.4 is 0 Å². The van der Waals surface area contributed by atoms with E-state index in [9.17, 15) is 4.79 Å². The Morgan fingerprint density at radius 2 is 1.92 bits per heavy atom. The zero-order chi connectivity index (χ0) is 17.6. The third-order valence-corrected chi connectivity index (χ3v) is 6.13. The van der Waals surface area contributed by atoms with Gasteiger partial charge < -0.3 is 9.42 Å². The minimum absolute atomic E-state index is 0.172. The molecule has 7 heteroatoms. The third-order valence-electron chi connectivity index (χ3n) is 6.13. The van der Waals surface area contributed by atoms with Crippen LogP contribution >= 0.6 is 0 Å². The average Bonchev–Trinajstić information content (AvgIpc) is 3.21. The van der Waals surface area contributed by atoms with Gasteiger partial charge in [-0.2, -0.15) is 4.98 Å². The van der Waals surface area contributed by atoms with Crippen LogP contribution in [-0.4, -0.2) is 76.1 Å². The van der Waals surface area contributed by atoms with Crippen LogP contribution in [-0.2, 0) is 4.79 Å². The summed E-state index contributed by atoms with van der Waals surface area (Å²) in [6.07, 6.45) is 2.39. The van der Waals surface area contributed by atoms with Crippen molar-refractivity contribution < 1.29 is 9.32 Å². The summed E-state index contributed by atoms with van der Waals surface area (Å²) in [5.41, 5.74) is 0. The van der Waals surface area contributed by atoms with E-state index in [0.29, 0.717) is 17.9 Å². The van der Waals surface area contributed by atoms with Crippen LogP contribution in [0.25, 0.3) is 0 Å². The molecular formula is C18H29N5O2. The highest BCUT2D eigenvalue weighted by atomic mass is 16.5. The van der Waals surface area contributed by atoms with E-state index >= 15 is 0 Å². The Morgan fingerprint density at radius 3 is 2.56 bits per heavy atom. The highest BCUT2D eigenvalue weighted by Crippen LogP contribution is 2.39. The molecule has 25 heavy (non-hydrogen) atoms. The Bertz CT molecular complexity index is 621. The molecule has 3 atom stereocenters. The molecule has 2 saturated heterocycles. The zero-order valence-corrected chi connectivity index (χ0v) is 15.5. The Morgan fingerprint density at radius 1 is 1.20 bits per heavy atom. The minimum Gasteiger partial charge on any atom is -0.340 e. The fourth-order valence-electron chi connectivity index (χ4n) is 4.23. The maximum Gasteiger partial charge on any atom is 0.243 e. The summed E-state index contributed by atoms with van der Waals surface area (Å²) < 4.78 is 5.54. The van der Waals surface area contributed by atoms with Gasteiger partial charge in [0.05, 0.1) is 6.04 Å². The lowest BCUT2D eigenvalue weighted by Gasteiger charge is -2.39. The highest BCUT2D eigenvalue weighted by Gasteiger charge is 2.39. The van der Waals surface area contributed by atoms with Gasteiger partial charge in [0.1, 0.15) is 0 Å². The van der Waals surface area contributed by atoms with Crippen molar-refractivity contribution in [3.8, 4) is 0 Å². The number of carbonyl (C=O) groups is 1. The number of piperazine rings is 1. The van der Waals surface area contributed by atoms with E-state index in [0.717, 1.165) is 51.0 Å². The summed E-state index contributed by atoms with van der Waals surface area (Å²) in [7, 11) is 0. The summed E-state index contributed by atoms with van der Waals surface area (Å²) in [5, 5.41) is 4.16. The summed E-state index contributed by atoms with van der Waals surface area (Å²) in [4.78, 5) is 23.1. The number of hydrogen-bond donors (Lipinski definition) is 0.